The van der Waals surface area contributed by atoms with Gasteiger partial charge in [0.05, 0.1) is 12.0 Å². The molecule has 1 unspecified atom stereocenters. The van der Waals surface area contributed by atoms with Gasteiger partial charge in [-0.25, -0.2) is 0 Å². The third-order valence-electron chi connectivity index (χ3n) is 6.38. The topological polar surface area (TPSA) is 21.7 Å². The van der Waals surface area contributed by atoms with Crippen molar-refractivity contribution in [2.45, 2.75) is 31.9 Å². The Morgan fingerprint density at radius 1 is 1.00 bits per heavy atom. The highest BCUT2D eigenvalue weighted by Crippen LogP contribution is 2.55. The Morgan fingerprint density at radius 2 is 1.71 bits per heavy atom. The van der Waals surface area contributed by atoms with Gasteiger partial charge in [-0.2, -0.15) is 0 Å². The molecule has 3 nitrogen and oxygen atoms in total. The molecule has 0 aliphatic carbocycles. The van der Waals surface area contributed by atoms with Gasteiger partial charge < -0.3 is 14.4 Å². The molecule has 2 aliphatic rings. The number of hydrogen-bond donors (Lipinski definition) is 0. The van der Waals surface area contributed by atoms with Gasteiger partial charge in [0.2, 0.25) is 5.72 Å². The Hall–Kier alpha value is -2.94. The zero-order chi connectivity index (χ0) is 19.5. The van der Waals surface area contributed by atoms with E-state index in [9.17, 15) is 0 Å². The van der Waals surface area contributed by atoms with Gasteiger partial charge in [-0.3, -0.25) is 0 Å². The number of anilines is 1. The van der Waals surface area contributed by atoms with Crippen molar-refractivity contribution in [3.63, 3.8) is 0 Å². The number of nitrogens with zero attached hydrogens (tertiary/aromatic N) is 1. The van der Waals surface area contributed by atoms with Crippen LogP contribution in [0.4, 0.5) is 5.69 Å². The molecular weight excluding hydrogens is 346 g/mol. The Morgan fingerprint density at radius 3 is 2.46 bits per heavy atom. The highest BCUT2D eigenvalue weighted by Gasteiger charge is 2.57. The lowest BCUT2D eigenvalue weighted by atomic mass is 9.76. The Kier molecular flexibility index (Phi) is 3.54. The lowest BCUT2D eigenvalue weighted by molar-refractivity contribution is 0.0581. The monoisotopic (exact) mass is 371 g/mol. The van der Waals surface area contributed by atoms with Gasteiger partial charge in [-0.15, -0.1) is 0 Å². The van der Waals surface area contributed by atoms with Gasteiger partial charge >= 0.3 is 0 Å². The minimum atomic E-state index is -0.574. The summed E-state index contributed by atoms with van der Waals surface area (Å²) in [6, 6.07) is 19.0. The lowest BCUT2D eigenvalue weighted by Gasteiger charge is -2.46. The Bertz CT molecular complexity index is 1110. The molecule has 3 aromatic rings. The number of ether oxygens (including phenoxy) is 2. The summed E-state index contributed by atoms with van der Waals surface area (Å²) in [4.78, 5) is 2.26. The molecule has 0 fully saturated rings. The van der Waals surface area contributed by atoms with Crippen molar-refractivity contribution >= 4 is 22.5 Å². The third-order valence-corrected chi connectivity index (χ3v) is 6.38. The Labute approximate surface area is 166 Å². The van der Waals surface area contributed by atoms with Crippen LogP contribution in [0.25, 0.3) is 16.8 Å². The summed E-state index contributed by atoms with van der Waals surface area (Å²) in [7, 11) is 2.12. The molecule has 142 valence electrons. The molecular formula is C25H25NO2. The molecule has 0 N–H and O–H groups in total. The normalized spacial score (nSPS) is 21.5. The van der Waals surface area contributed by atoms with E-state index in [1.807, 2.05) is 6.92 Å². The smallest absolute Gasteiger partial charge is 0.211 e. The summed E-state index contributed by atoms with van der Waals surface area (Å²) in [6.45, 7) is 7.16. The standard InChI is InChI=1S/C25H25NO2/c1-5-27-22-16-23-19(17-10-6-7-11-18(17)22)14-15-25(28-23)24(2,3)20-12-8-9-13-21(20)26(25)4/h6-16H,5H2,1-4H3. The first kappa shape index (κ1) is 17.2. The van der Waals surface area contributed by atoms with Crippen molar-refractivity contribution in [2.75, 3.05) is 18.6 Å². The van der Waals surface area contributed by atoms with E-state index >= 15 is 0 Å². The fourth-order valence-corrected chi connectivity index (χ4v) is 4.87. The van der Waals surface area contributed by atoms with Gasteiger partial charge in [0.15, 0.2) is 0 Å². The summed E-state index contributed by atoms with van der Waals surface area (Å²) in [5.41, 5.74) is 2.85. The van der Waals surface area contributed by atoms with E-state index in [0.717, 1.165) is 27.8 Å². The van der Waals surface area contributed by atoms with Gasteiger partial charge in [0.1, 0.15) is 11.5 Å². The Balaban J connectivity index is 1.72. The molecule has 0 aromatic heterocycles. The van der Waals surface area contributed by atoms with E-state index in [1.54, 1.807) is 0 Å². The number of benzene rings is 3. The first-order chi connectivity index (χ1) is 13.5. The maximum Gasteiger partial charge on any atom is 0.211 e. The van der Waals surface area contributed by atoms with Crippen LogP contribution in [-0.2, 0) is 5.41 Å². The van der Waals surface area contributed by atoms with Crippen LogP contribution >= 0.6 is 0 Å². The van der Waals surface area contributed by atoms with Crippen molar-refractivity contribution < 1.29 is 9.47 Å². The summed E-state index contributed by atoms with van der Waals surface area (Å²) >= 11 is 0. The molecule has 1 spiro atoms. The number of rotatable bonds is 2. The second kappa shape index (κ2) is 5.78. The highest BCUT2D eigenvalue weighted by molar-refractivity contribution is 5.98. The highest BCUT2D eigenvalue weighted by atomic mass is 16.5. The molecule has 0 bridgehead atoms. The summed E-state index contributed by atoms with van der Waals surface area (Å²) in [6.07, 6.45) is 4.45. The summed E-state index contributed by atoms with van der Waals surface area (Å²) in [5.74, 6) is 1.75. The maximum atomic E-state index is 6.84. The summed E-state index contributed by atoms with van der Waals surface area (Å²) < 4.78 is 12.8. The SMILES string of the molecule is CCOc1cc2c(c3ccccc13)C=CC1(O2)N(C)c2ccccc2C1(C)C. The van der Waals surface area contributed by atoms with Crippen LogP contribution in [0.5, 0.6) is 11.5 Å². The van der Waals surface area contributed by atoms with Crippen molar-refractivity contribution in [3.8, 4) is 11.5 Å². The van der Waals surface area contributed by atoms with E-state index < -0.39 is 5.72 Å². The molecule has 1 atom stereocenters. The van der Waals surface area contributed by atoms with Gasteiger partial charge in [-0.1, -0.05) is 42.5 Å². The van der Waals surface area contributed by atoms with Gasteiger partial charge in [0, 0.05) is 29.8 Å². The molecule has 3 aromatic carbocycles. The van der Waals surface area contributed by atoms with Crippen LogP contribution in [0.1, 0.15) is 31.9 Å². The van der Waals surface area contributed by atoms with Crippen molar-refractivity contribution in [2.24, 2.45) is 0 Å². The molecule has 2 heterocycles. The lowest BCUT2D eigenvalue weighted by Crippen LogP contribution is -2.58. The zero-order valence-electron chi connectivity index (χ0n) is 16.8. The third kappa shape index (κ3) is 2.05. The largest absolute Gasteiger partial charge is 0.493 e. The molecule has 2 aliphatic heterocycles. The number of fused-ring (bicyclic) bond motifs is 4. The minimum Gasteiger partial charge on any atom is -0.493 e. The first-order valence-electron chi connectivity index (χ1n) is 9.90. The average Bonchev–Trinajstić information content (AvgIpc) is 2.87. The van der Waals surface area contributed by atoms with E-state index in [1.165, 1.54) is 11.3 Å². The van der Waals surface area contributed by atoms with Crippen LogP contribution in [0.2, 0.25) is 0 Å². The van der Waals surface area contributed by atoms with Crippen LogP contribution < -0.4 is 14.4 Å². The molecule has 3 heteroatoms. The van der Waals surface area contributed by atoms with E-state index in [0.29, 0.717) is 6.61 Å². The number of likely N-dealkylation sites (N-methyl/N-ethyl adjacent to an activating group) is 1. The van der Waals surface area contributed by atoms with Crippen LogP contribution in [0, 0.1) is 0 Å². The van der Waals surface area contributed by atoms with Gasteiger partial charge in [0.25, 0.3) is 0 Å². The molecule has 28 heavy (non-hydrogen) atoms. The fraction of sp³-hybridized carbons (Fsp3) is 0.280. The van der Waals surface area contributed by atoms with Crippen molar-refractivity contribution in [1.82, 2.24) is 0 Å². The summed E-state index contributed by atoms with van der Waals surface area (Å²) in [5, 5.41) is 2.28. The fourth-order valence-electron chi connectivity index (χ4n) is 4.87. The number of hydrogen-bond acceptors (Lipinski definition) is 3. The first-order valence-corrected chi connectivity index (χ1v) is 9.90. The second-order valence-electron chi connectivity index (χ2n) is 8.10. The minimum absolute atomic E-state index is 0.204. The molecule has 0 radical (unpaired) electrons. The molecule has 5 rings (SSSR count). The molecule has 0 saturated carbocycles. The van der Waals surface area contributed by atoms with E-state index in [2.05, 4.69) is 92.5 Å². The van der Waals surface area contributed by atoms with E-state index in [-0.39, 0.29) is 5.41 Å². The maximum absolute atomic E-state index is 6.84. The molecule has 0 saturated heterocycles. The van der Waals surface area contributed by atoms with E-state index in [4.69, 9.17) is 9.47 Å². The second-order valence-corrected chi connectivity index (χ2v) is 8.10. The van der Waals surface area contributed by atoms with Crippen LogP contribution in [-0.4, -0.2) is 19.4 Å². The predicted octanol–water partition coefficient (Wildman–Crippen LogP) is 5.77. The quantitative estimate of drug-likeness (QED) is 0.571. The molecule has 0 amide bonds. The zero-order valence-corrected chi connectivity index (χ0v) is 16.8. The van der Waals surface area contributed by atoms with Gasteiger partial charge in [-0.05, 0) is 49.9 Å². The predicted molar refractivity (Wildman–Crippen MR) is 115 cm³/mol. The van der Waals surface area contributed by atoms with Crippen LogP contribution in [0.3, 0.4) is 0 Å². The van der Waals surface area contributed by atoms with Crippen molar-refractivity contribution in [1.29, 1.82) is 0 Å². The van der Waals surface area contributed by atoms with Crippen LogP contribution in [0.15, 0.2) is 60.7 Å². The average molecular weight is 371 g/mol. The van der Waals surface area contributed by atoms with Crippen molar-refractivity contribution in [3.05, 3.63) is 71.8 Å². The number of para-hydroxylation sites is 1.